The summed E-state index contributed by atoms with van der Waals surface area (Å²) in [7, 11) is 1.70. The van der Waals surface area contributed by atoms with Gasteiger partial charge in [0.05, 0.1) is 7.11 Å². The molecule has 1 nitrogen and oxygen atoms in total. The molecule has 1 aromatic rings. The zero-order valence-electron chi connectivity index (χ0n) is 13.0. The minimum Gasteiger partial charge on any atom is -0.497 e. The number of hydrogen-bond acceptors (Lipinski definition) is 1. The number of ether oxygens (including phenoxy) is 1. The van der Waals surface area contributed by atoms with E-state index < -0.39 is 0 Å². The number of allylic oxidation sites excluding steroid dienone is 4. The highest BCUT2D eigenvalue weighted by Gasteiger charge is 1.91. The average Bonchev–Trinajstić information content (AvgIpc) is 2.50. The van der Waals surface area contributed by atoms with E-state index in [9.17, 15) is 0 Å². The molecule has 20 heavy (non-hydrogen) atoms. The number of unbranched alkanes of at least 4 members (excludes halogenated alkanes) is 4. The predicted molar refractivity (Wildman–Crippen MR) is 88.4 cm³/mol. The van der Waals surface area contributed by atoms with Crippen molar-refractivity contribution >= 4 is 0 Å². The molecule has 0 aliphatic carbocycles. The van der Waals surface area contributed by atoms with E-state index in [4.69, 9.17) is 4.74 Å². The highest BCUT2D eigenvalue weighted by molar-refractivity contribution is 5.28. The van der Waals surface area contributed by atoms with Gasteiger partial charge in [0.1, 0.15) is 5.75 Å². The van der Waals surface area contributed by atoms with Crippen molar-refractivity contribution in [3.63, 3.8) is 0 Å². The SMILES string of the molecule is CCCCC/C=C/CC/C=C/Cc1ccc(OC)cc1. The number of hydrogen-bond donors (Lipinski definition) is 0. The maximum Gasteiger partial charge on any atom is 0.118 e. The van der Waals surface area contributed by atoms with Crippen LogP contribution in [0.2, 0.25) is 0 Å². The lowest BCUT2D eigenvalue weighted by molar-refractivity contribution is 0.414. The van der Waals surface area contributed by atoms with E-state index >= 15 is 0 Å². The molecule has 0 bridgehead atoms. The summed E-state index contributed by atoms with van der Waals surface area (Å²) in [6.07, 6.45) is 17.7. The molecule has 0 aliphatic rings. The third-order valence-corrected chi connectivity index (χ3v) is 3.32. The van der Waals surface area contributed by atoms with Gasteiger partial charge in [0.2, 0.25) is 0 Å². The normalized spacial score (nSPS) is 11.5. The van der Waals surface area contributed by atoms with Crippen molar-refractivity contribution in [2.24, 2.45) is 0 Å². The van der Waals surface area contributed by atoms with Crippen LogP contribution in [0.25, 0.3) is 0 Å². The molecule has 0 amide bonds. The molecule has 0 fully saturated rings. The standard InChI is InChI=1S/C19H28O/c1-3-4-5-6-7-8-9-10-11-12-13-18-14-16-19(20-2)17-15-18/h7-8,11-12,14-17H,3-6,9-10,13H2,1-2H3/b8-7+,12-11+. The summed E-state index contributed by atoms with van der Waals surface area (Å²) >= 11 is 0. The number of methoxy groups -OCH3 is 1. The van der Waals surface area contributed by atoms with Crippen molar-refractivity contribution in [3.05, 3.63) is 54.1 Å². The van der Waals surface area contributed by atoms with Gasteiger partial charge >= 0.3 is 0 Å². The van der Waals surface area contributed by atoms with Gasteiger partial charge in [0.15, 0.2) is 0 Å². The number of rotatable bonds is 10. The molecular formula is C19H28O. The fourth-order valence-corrected chi connectivity index (χ4v) is 2.04. The van der Waals surface area contributed by atoms with E-state index in [-0.39, 0.29) is 0 Å². The van der Waals surface area contributed by atoms with Crippen molar-refractivity contribution in [2.75, 3.05) is 7.11 Å². The van der Waals surface area contributed by atoms with Crippen LogP contribution in [0.15, 0.2) is 48.6 Å². The highest BCUT2D eigenvalue weighted by atomic mass is 16.5. The Hall–Kier alpha value is -1.50. The second-order valence-electron chi connectivity index (χ2n) is 5.07. The molecule has 0 saturated heterocycles. The lowest BCUT2D eigenvalue weighted by atomic mass is 10.1. The summed E-state index contributed by atoms with van der Waals surface area (Å²) in [6.45, 7) is 2.25. The van der Waals surface area contributed by atoms with Crippen LogP contribution in [-0.4, -0.2) is 7.11 Å². The minimum atomic E-state index is 0.922. The van der Waals surface area contributed by atoms with Crippen LogP contribution >= 0.6 is 0 Å². The Bertz CT molecular complexity index is 387. The maximum atomic E-state index is 5.15. The summed E-state index contributed by atoms with van der Waals surface area (Å²) in [5.74, 6) is 0.922. The lowest BCUT2D eigenvalue weighted by Crippen LogP contribution is -1.84. The van der Waals surface area contributed by atoms with E-state index in [2.05, 4.69) is 43.4 Å². The van der Waals surface area contributed by atoms with Gasteiger partial charge in [-0.15, -0.1) is 0 Å². The third-order valence-electron chi connectivity index (χ3n) is 3.32. The van der Waals surface area contributed by atoms with Gasteiger partial charge in [-0.2, -0.15) is 0 Å². The van der Waals surface area contributed by atoms with Gasteiger partial charge in [0.25, 0.3) is 0 Å². The molecule has 0 saturated carbocycles. The monoisotopic (exact) mass is 272 g/mol. The molecule has 0 radical (unpaired) electrons. The molecule has 0 heterocycles. The first kappa shape index (κ1) is 16.6. The molecule has 0 N–H and O–H groups in total. The molecule has 0 spiro atoms. The fraction of sp³-hybridized carbons (Fsp3) is 0.474. The molecule has 0 atom stereocenters. The van der Waals surface area contributed by atoms with Crippen molar-refractivity contribution in [1.82, 2.24) is 0 Å². The Morgan fingerprint density at radius 3 is 2.15 bits per heavy atom. The van der Waals surface area contributed by atoms with E-state index in [1.54, 1.807) is 7.11 Å². The van der Waals surface area contributed by atoms with Gasteiger partial charge in [-0.05, 0) is 49.8 Å². The second kappa shape index (κ2) is 11.3. The molecular weight excluding hydrogens is 244 g/mol. The number of benzene rings is 1. The summed E-state index contributed by atoms with van der Waals surface area (Å²) < 4.78 is 5.15. The fourth-order valence-electron chi connectivity index (χ4n) is 2.04. The predicted octanol–water partition coefficient (Wildman–Crippen LogP) is 5.71. The Kier molecular flexibility index (Phi) is 9.38. The van der Waals surface area contributed by atoms with Gasteiger partial charge in [-0.25, -0.2) is 0 Å². The zero-order valence-corrected chi connectivity index (χ0v) is 13.0. The lowest BCUT2D eigenvalue weighted by Gasteiger charge is -2.00. The first-order chi connectivity index (χ1) is 9.86. The largest absolute Gasteiger partial charge is 0.497 e. The topological polar surface area (TPSA) is 9.23 Å². The van der Waals surface area contributed by atoms with Crippen LogP contribution in [0.4, 0.5) is 0 Å². The van der Waals surface area contributed by atoms with Crippen LogP contribution in [0.5, 0.6) is 5.75 Å². The van der Waals surface area contributed by atoms with Gasteiger partial charge in [0, 0.05) is 0 Å². The van der Waals surface area contributed by atoms with E-state index in [0.717, 1.165) is 25.0 Å². The summed E-state index contributed by atoms with van der Waals surface area (Å²) in [5, 5.41) is 0. The zero-order chi connectivity index (χ0) is 14.5. The summed E-state index contributed by atoms with van der Waals surface area (Å²) in [4.78, 5) is 0. The van der Waals surface area contributed by atoms with Gasteiger partial charge < -0.3 is 4.74 Å². The second-order valence-corrected chi connectivity index (χ2v) is 5.07. The molecule has 0 unspecified atom stereocenters. The van der Waals surface area contributed by atoms with Crippen LogP contribution in [0.3, 0.4) is 0 Å². The molecule has 1 heteroatoms. The smallest absolute Gasteiger partial charge is 0.118 e. The van der Waals surface area contributed by atoms with E-state index in [0.29, 0.717) is 0 Å². The van der Waals surface area contributed by atoms with E-state index in [1.165, 1.54) is 31.2 Å². The maximum absolute atomic E-state index is 5.15. The van der Waals surface area contributed by atoms with Crippen molar-refractivity contribution < 1.29 is 4.74 Å². The Balaban J connectivity index is 2.09. The van der Waals surface area contributed by atoms with Crippen LogP contribution in [-0.2, 0) is 6.42 Å². The van der Waals surface area contributed by atoms with Crippen LogP contribution in [0, 0.1) is 0 Å². The molecule has 0 aliphatic heterocycles. The quantitative estimate of drug-likeness (QED) is 0.391. The van der Waals surface area contributed by atoms with E-state index in [1.807, 2.05) is 12.1 Å². The molecule has 1 rings (SSSR count). The van der Waals surface area contributed by atoms with Crippen molar-refractivity contribution in [1.29, 1.82) is 0 Å². The van der Waals surface area contributed by atoms with Crippen LogP contribution in [0.1, 0.15) is 51.0 Å². The molecule has 0 aromatic heterocycles. The molecule has 110 valence electrons. The minimum absolute atomic E-state index is 0.922. The van der Waals surface area contributed by atoms with Gasteiger partial charge in [-0.3, -0.25) is 0 Å². The van der Waals surface area contributed by atoms with Crippen molar-refractivity contribution in [2.45, 2.75) is 51.9 Å². The first-order valence-electron chi connectivity index (χ1n) is 7.79. The first-order valence-corrected chi connectivity index (χ1v) is 7.79. The summed E-state index contributed by atoms with van der Waals surface area (Å²) in [5.41, 5.74) is 1.33. The molecule has 1 aromatic carbocycles. The highest BCUT2D eigenvalue weighted by Crippen LogP contribution is 2.12. The summed E-state index contributed by atoms with van der Waals surface area (Å²) in [6, 6.07) is 8.28. The Labute approximate surface area is 124 Å². The van der Waals surface area contributed by atoms with Crippen molar-refractivity contribution in [3.8, 4) is 5.75 Å². The van der Waals surface area contributed by atoms with Gasteiger partial charge in [-0.1, -0.05) is 56.2 Å². The Morgan fingerprint density at radius 2 is 1.50 bits per heavy atom. The van der Waals surface area contributed by atoms with Crippen LogP contribution < -0.4 is 4.74 Å². The third kappa shape index (κ3) is 7.83. The Morgan fingerprint density at radius 1 is 0.850 bits per heavy atom. The average molecular weight is 272 g/mol.